The third kappa shape index (κ3) is 31.9. The van der Waals surface area contributed by atoms with Crippen molar-refractivity contribution >= 4 is 22.1 Å². The van der Waals surface area contributed by atoms with Crippen molar-refractivity contribution in [2.45, 2.75) is 243 Å². The van der Waals surface area contributed by atoms with E-state index in [-0.39, 0.29) is 19.4 Å². The summed E-state index contributed by atoms with van der Waals surface area (Å²) in [5.74, 6) is -1.99. The monoisotopic (exact) mass is 875 g/mol. The van der Waals surface area contributed by atoms with Gasteiger partial charge in [0.25, 0.3) is 10.1 Å². The molecular formula is C47H86O12S. The number of allylic oxidation sites excluding steroid dienone is 4. The van der Waals surface area contributed by atoms with Gasteiger partial charge in [-0.3, -0.25) is 14.1 Å². The molecule has 0 spiro atoms. The number of unbranched alkanes of at least 4 members (excludes halogenated alkanes) is 24. The van der Waals surface area contributed by atoms with Gasteiger partial charge in [0, 0.05) is 12.8 Å². The van der Waals surface area contributed by atoms with Crippen LogP contribution < -0.4 is 0 Å². The summed E-state index contributed by atoms with van der Waals surface area (Å²) in [4.78, 5) is 25.4. The maximum atomic E-state index is 12.8. The van der Waals surface area contributed by atoms with Crippen molar-refractivity contribution in [1.82, 2.24) is 0 Å². The first kappa shape index (κ1) is 56.1. The number of carbonyl (C=O) groups is 2. The minimum atomic E-state index is -4.60. The molecule has 352 valence electrons. The number of carbonyl (C=O) groups excluding carboxylic acids is 2. The van der Waals surface area contributed by atoms with Gasteiger partial charge in [0.2, 0.25) is 0 Å². The molecule has 0 aromatic heterocycles. The summed E-state index contributed by atoms with van der Waals surface area (Å²) in [7, 11) is -4.60. The van der Waals surface area contributed by atoms with Crippen molar-refractivity contribution in [3.8, 4) is 0 Å². The van der Waals surface area contributed by atoms with Crippen LogP contribution in [0.5, 0.6) is 0 Å². The Balaban J connectivity index is 2.37. The number of rotatable bonds is 40. The van der Waals surface area contributed by atoms with Crippen LogP contribution in [-0.2, 0) is 38.7 Å². The Bertz CT molecular complexity index is 1210. The summed E-state index contributed by atoms with van der Waals surface area (Å²) in [5.41, 5.74) is 0. The maximum Gasteiger partial charge on any atom is 0.306 e. The van der Waals surface area contributed by atoms with Gasteiger partial charge in [-0.25, -0.2) is 0 Å². The molecule has 1 saturated heterocycles. The van der Waals surface area contributed by atoms with E-state index < -0.39 is 71.2 Å². The van der Waals surface area contributed by atoms with Crippen molar-refractivity contribution in [2.24, 2.45) is 0 Å². The molecule has 1 fully saturated rings. The first-order chi connectivity index (χ1) is 29.0. The van der Waals surface area contributed by atoms with E-state index in [0.717, 1.165) is 57.8 Å². The molecule has 1 rings (SSSR count). The molecule has 1 heterocycles. The normalized spacial score (nSPS) is 20.3. The highest BCUT2D eigenvalue weighted by Crippen LogP contribution is 2.24. The van der Waals surface area contributed by atoms with E-state index in [9.17, 15) is 37.9 Å². The lowest BCUT2D eigenvalue weighted by molar-refractivity contribution is -0.297. The Morgan fingerprint density at radius 1 is 0.550 bits per heavy atom. The topological polar surface area (TPSA) is 186 Å². The zero-order chi connectivity index (χ0) is 44.1. The predicted octanol–water partition coefficient (Wildman–Crippen LogP) is 10.0. The molecule has 12 nitrogen and oxygen atoms in total. The van der Waals surface area contributed by atoms with Gasteiger partial charge in [0.1, 0.15) is 36.8 Å². The van der Waals surface area contributed by atoms with Gasteiger partial charge in [-0.05, 0) is 57.8 Å². The standard InChI is InChI=1S/C47H86O12S/c1-3-5-7-9-11-13-15-16-17-18-19-20-21-22-23-24-26-28-30-32-34-36-43(49)58-40(37-56-42(48)35-33-31-29-27-25-14-12-10-8-6-4-2)38-57-47-46(52)45(51)44(50)41(59-47)39-60(53,54)55/h10,12,16-17,40-41,44-47,50-52H,3-9,11,13-15,18-39H2,1-2H3,(H,53,54,55)/b12-10+,17-16+/t40-,41-,44-,45?,46?,47+/m1/s1. The second kappa shape index (κ2) is 37.7. The van der Waals surface area contributed by atoms with Gasteiger partial charge in [0.15, 0.2) is 12.4 Å². The van der Waals surface area contributed by atoms with Gasteiger partial charge >= 0.3 is 11.9 Å². The fraction of sp³-hybridized carbons (Fsp3) is 0.872. The van der Waals surface area contributed by atoms with Crippen molar-refractivity contribution in [2.75, 3.05) is 19.0 Å². The van der Waals surface area contributed by atoms with Crippen LogP contribution in [0, 0.1) is 0 Å². The Labute approximate surface area is 364 Å². The molecule has 1 aliphatic heterocycles. The van der Waals surface area contributed by atoms with Crippen LogP contribution in [-0.4, -0.2) is 96.0 Å². The minimum Gasteiger partial charge on any atom is -0.462 e. The summed E-state index contributed by atoms with van der Waals surface area (Å²) in [6, 6.07) is 0. The SMILES string of the molecule is CCCC/C=C/CCCCCCCC(=O)OC[C@H](CO[C@H]1O[C@H](CS(=O)(=O)O)[C@@H](O)C(O)C1O)OC(=O)CCCCCCCCCCCCC/C=C/CCCCCCCC. The van der Waals surface area contributed by atoms with Gasteiger partial charge in [0.05, 0.1) is 6.61 Å². The second-order valence-corrected chi connectivity index (χ2v) is 18.3. The third-order valence-corrected chi connectivity index (χ3v) is 11.8. The smallest absolute Gasteiger partial charge is 0.306 e. The second-order valence-electron chi connectivity index (χ2n) is 16.8. The van der Waals surface area contributed by atoms with Crippen LogP contribution in [0.4, 0.5) is 0 Å². The van der Waals surface area contributed by atoms with Crippen LogP contribution in [0.1, 0.15) is 206 Å². The van der Waals surface area contributed by atoms with Crippen LogP contribution >= 0.6 is 0 Å². The number of ether oxygens (including phenoxy) is 4. The van der Waals surface area contributed by atoms with Crippen LogP contribution in [0.15, 0.2) is 24.3 Å². The summed E-state index contributed by atoms with van der Waals surface area (Å²) in [5, 5.41) is 30.9. The largest absolute Gasteiger partial charge is 0.462 e. The van der Waals surface area contributed by atoms with Gasteiger partial charge < -0.3 is 34.3 Å². The molecular weight excluding hydrogens is 789 g/mol. The van der Waals surface area contributed by atoms with Gasteiger partial charge in [-0.15, -0.1) is 0 Å². The lowest BCUT2D eigenvalue weighted by Gasteiger charge is -2.40. The average molecular weight is 875 g/mol. The summed E-state index contributed by atoms with van der Waals surface area (Å²) in [6.07, 6.45) is 32.3. The molecule has 0 saturated carbocycles. The molecule has 6 atom stereocenters. The van der Waals surface area contributed by atoms with E-state index >= 15 is 0 Å². The average Bonchev–Trinajstić information content (AvgIpc) is 3.21. The maximum absolute atomic E-state index is 12.8. The van der Waals surface area contributed by atoms with Crippen LogP contribution in [0.2, 0.25) is 0 Å². The lowest BCUT2D eigenvalue weighted by Crippen LogP contribution is -2.60. The summed E-state index contributed by atoms with van der Waals surface area (Å²) in [6.45, 7) is 3.72. The van der Waals surface area contributed by atoms with Crippen LogP contribution in [0.3, 0.4) is 0 Å². The Morgan fingerprint density at radius 3 is 1.43 bits per heavy atom. The van der Waals surface area contributed by atoms with Crippen molar-refractivity contribution < 1.29 is 56.8 Å². The molecule has 4 N–H and O–H groups in total. The van der Waals surface area contributed by atoms with Crippen molar-refractivity contribution in [1.29, 1.82) is 0 Å². The van der Waals surface area contributed by atoms with Crippen molar-refractivity contribution in [3.05, 3.63) is 24.3 Å². The highest BCUT2D eigenvalue weighted by Gasteiger charge is 2.46. The molecule has 0 bridgehead atoms. The number of hydrogen-bond acceptors (Lipinski definition) is 11. The Kier molecular flexibility index (Phi) is 35.2. The first-order valence-corrected chi connectivity index (χ1v) is 25.5. The lowest BCUT2D eigenvalue weighted by atomic mass is 10.00. The molecule has 0 aliphatic carbocycles. The Hall–Kier alpha value is -1.87. The summed E-state index contributed by atoms with van der Waals surface area (Å²) < 4.78 is 54.1. The predicted molar refractivity (Wildman–Crippen MR) is 238 cm³/mol. The first-order valence-electron chi connectivity index (χ1n) is 23.9. The fourth-order valence-corrected chi connectivity index (χ4v) is 7.93. The van der Waals surface area contributed by atoms with E-state index in [4.69, 9.17) is 18.9 Å². The van der Waals surface area contributed by atoms with E-state index in [2.05, 4.69) is 38.2 Å². The molecule has 0 radical (unpaired) electrons. The number of aliphatic hydroxyl groups excluding tert-OH is 3. The quantitative estimate of drug-likeness (QED) is 0.0198. The molecule has 2 unspecified atom stereocenters. The highest BCUT2D eigenvalue weighted by atomic mass is 32.2. The van der Waals surface area contributed by atoms with E-state index in [1.54, 1.807) is 0 Å². The highest BCUT2D eigenvalue weighted by molar-refractivity contribution is 7.85. The molecule has 0 aromatic carbocycles. The Morgan fingerprint density at radius 2 is 0.967 bits per heavy atom. The third-order valence-electron chi connectivity index (χ3n) is 11.0. The minimum absolute atomic E-state index is 0.164. The molecule has 0 aromatic rings. The zero-order valence-electron chi connectivity index (χ0n) is 37.6. The van der Waals surface area contributed by atoms with E-state index in [1.807, 2.05) is 0 Å². The van der Waals surface area contributed by atoms with E-state index in [0.29, 0.717) is 12.8 Å². The number of esters is 2. The van der Waals surface area contributed by atoms with Gasteiger partial charge in [-0.1, -0.05) is 160 Å². The molecule has 60 heavy (non-hydrogen) atoms. The molecule has 0 amide bonds. The number of hydrogen-bond donors (Lipinski definition) is 4. The van der Waals surface area contributed by atoms with E-state index in [1.165, 1.54) is 109 Å². The van der Waals surface area contributed by atoms with Crippen LogP contribution in [0.25, 0.3) is 0 Å². The molecule has 1 aliphatic rings. The summed E-state index contributed by atoms with van der Waals surface area (Å²) >= 11 is 0. The van der Waals surface area contributed by atoms with Gasteiger partial charge in [-0.2, -0.15) is 8.42 Å². The zero-order valence-corrected chi connectivity index (χ0v) is 38.4. The molecule has 13 heteroatoms. The van der Waals surface area contributed by atoms with Crippen molar-refractivity contribution in [3.63, 3.8) is 0 Å². The fourth-order valence-electron chi connectivity index (χ4n) is 7.24. The number of aliphatic hydroxyl groups is 3.